The maximum absolute atomic E-state index is 12.8. The van der Waals surface area contributed by atoms with E-state index in [4.69, 9.17) is 4.74 Å². The van der Waals surface area contributed by atoms with Gasteiger partial charge in [-0.05, 0) is 30.9 Å². The quantitative estimate of drug-likeness (QED) is 0.841. The molecule has 6 nitrogen and oxygen atoms in total. The van der Waals surface area contributed by atoms with E-state index in [2.05, 4.69) is 4.72 Å². The van der Waals surface area contributed by atoms with Crippen molar-refractivity contribution in [2.24, 2.45) is 5.92 Å². The molecule has 0 aliphatic carbocycles. The zero-order valence-electron chi connectivity index (χ0n) is 14.5. The van der Waals surface area contributed by atoms with Crippen LogP contribution in [0.1, 0.15) is 25.8 Å². The van der Waals surface area contributed by atoms with Gasteiger partial charge in [0, 0.05) is 13.1 Å². The van der Waals surface area contributed by atoms with E-state index in [0.717, 1.165) is 0 Å². The fourth-order valence-electron chi connectivity index (χ4n) is 2.78. The van der Waals surface area contributed by atoms with E-state index in [-0.39, 0.29) is 16.7 Å². The molecule has 1 aromatic rings. The van der Waals surface area contributed by atoms with Gasteiger partial charge in [0.2, 0.25) is 15.9 Å². The number of carbonyl (C=O) groups is 1. The van der Waals surface area contributed by atoms with Crippen LogP contribution in [-0.2, 0) is 19.6 Å². The average molecular weight is 354 g/mol. The summed E-state index contributed by atoms with van der Waals surface area (Å²) < 4.78 is 33.3. The Kier molecular flexibility index (Phi) is 6.37. The first-order chi connectivity index (χ1) is 11.3. The normalized spacial score (nSPS) is 17.1. The Hall–Kier alpha value is -1.44. The third-order valence-corrected chi connectivity index (χ3v) is 5.64. The van der Waals surface area contributed by atoms with Gasteiger partial charge in [-0.25, -0.2) is 8.42 Å². The average Bonchev–Trinajstić information content (AvgIpc) is 2.54. The molecular formula is C17H26N2O4S. The Bertz CT molecular complexity index is 667. The van der Waals surface area contributed by atoms with Crippen molar-refractivity contribution in [2.75, 3.05) is 26.3 Å². The second-order valence-electron chi connectivity index (χ2n) is 6.51. The van der Waals surface area contributed by atoms with Gasteiger partial charge in [-0.3, -0.25) is 4.79 Å². The van der Waals surface area contributed by atoms with Gasteiger partial charge < -0.3 is 9.64 Å². The summed E-state index contributed by atoms with van der Waals surface area (Å²) in [6.45, 7) is 7.67. The second-order valence-corrected chi connectivity index (χ2v) is 8.19. The number of aryl methyl sites for hydroxylation is 1. The molecule has 1 saturated heterocycles. The van der Waals surface area contributed by atoms with Crippen molar-refractivity contribution < 1.29 is 17.9 Å². The minimum absolute atomic E-state index is 0.177. The lowest BCUT2D eigenvalue weighted by Gasteiger charge is -2.31. The highest BCUT2D eigenvalue weighted by Gasteiger charge is 2.31. The van der Waals surface area contributed by atoms with Crippen LogP contribution in [0.2, 0.25) is 0 Å². The number of hydrogen-bond acceptors (Lipinski definition) is 4. The summed E-state index contributed by atoms with van der Waals surface area (Å²) >= 11 is 0. The Morgan fingerprint density at radius 2 is 1.88 bits per heavy atom. The Morgan fingerprint density at radius 1 is 1.25 bits per heavy atom. The van der Waals surface area contributed by atoms with Crippen molar-refractivity contribution in [3.63, 3.8) is 0 Å². The molecule has 1 heterocycles. The maximum Gasteiger partial charge on any atom is 0.241 e. The number of morpholine rings is 1. The first-order valence-electron chi connectivity index (χ1n) is 8.26. The zero-order valence-corrected chi connectivity index (χ0v) is 15.3. The SMILES string of the molecule is Cc1ccccc1S(=O)(=O)N[C@@H](CC(C)C)C(=O)N1CCOCC1. The summed E-state index contributed by atoms with van der Waals surface area (Å²) in [5.74, 6) is 0.0173. The van der Waals surface area contributed by atoms with Gasteiger partial charge in [0.1, 0.15) is 6.04 Å². The van der Waals surface area contributed by atoms with Crippen molar-refractivity contribution in [2.45, 2.75) is 38.1 Å². The van der Waals surface area contributed by atoms with Gasteiger partial charge in [0.05, 0.1) is 18.1 Å². The first-order valence-corrected chi connectivity index (χ1v) is 9.74. The summed E-state index contributed by atoms with van der Waals surface area (Å²) in [7, 11) is -3.75. The minimum Gasteiger partial charge on any atom is -0.378 e. The number of carbonyl (C=O) groups excluding carboxylic acids is 1. The number of nitrogens with zero attached hydrogens (tertiary/aromatic N) is 1. The lowest BCUT2D eigenvalue weighted by atomic mass is 10.0. The third kappa shape index (κ3) is 4.78. The van der Waals surface area contributed by atoms with Crippen LogP contribution < -0.4 is 4.72 Å². The molecular weight excluding hydrogens is 328 g/mol. The van der Waals surface area contributed by atoms with Crippen molar-refractivity contribution >= 4 is 15.9 Å². The molecule has 0 unspecified atom stereocenters. The van der Waals surface area contributed by atoms with E-state index >= 15 is 0 Å². The number of amides is 1. The van der Waals surface area contributed by atoms with Gasteiger partial charge in [-0.2, -0.15) is 4.72 Å². The Morgan fingerprint density at radius 3 is 2.46 bits per heavy atom. The molecule has 0 spiro atoms. The molecule has 1 N–H and O–H groups in total. The lowest BCUT2D eigenvalue weighted by molar-refractivity contribution is -0.137. The molecule has 1 atom stereocenters. The Labute approximate surface area is 144 Å². The van der Waals surface area contributed by atoms with Crippen LogP contribution in [0.15, 0.2) is 29.2 Å². The van der Waals surface area contributed by atoms with Crippen LogP contribution in [-0.4, -0.2) is 51.6 Å². The summed E-state index contributed by atoms with van der Waals surface area (Å²) in [5, 5.41) is 0. The van der Waals surface area contributed by atoms with Crippen molar-refractivity contribution in [3.8, 4) is 0 Å². The predicted octanol–water partition coefficient (Wildman–Crippen LogP) is 1.55. The fourth-order valence-corrected chi connectivity index (χ4v) is 4.23. The number of nitrogens with one attached hydrogen (secondary N) is 1. The summed E-state index contributed by atoms with van der Waals surface area (Å²) in [6.07, 6.45) is 0.460. The van der Waals surface area contributed by atoms with E-state index in [1.165, 1.54) is 0 Å². The molecule has 24 heavy (non-hydrogen) atoms. The standard InChI is InChI=1S/C17H26N2O4S/c1-13(2)12-15(17(20)19-8-10-23-11-9-19)18-24(21,22)16-7-5-4-6-14(16)3/h4-7,13,15,18H,8-12H2,1-3H3/t15-/m0/s1. The molecule has 1 fully saturated rings. The molecule has 1 amide bonds. The van der Waals surface area contributed by atoms with Gasteiger partial charge in [0.15, 0.2) is 0 Å². The molecule has 1 aromatic carbocycles. The summed E-state index contributed by atoms with van der Waals surface area (Å²) in [5.41, 5.74) is 0.659. The fraction of sp³-hybridized carbons (Fsp3) is 0.588. The van der Waals surface area contributed by atoms with Gasteiger partial charge >= 0.3 is 0 Å². The molecule has 0 radical (unpaired) electrons. The molecule has 2 rings (SSSR count). The molecule has 0 bridgehead atoms. The topological polar surface area (TPSA) is 75.7 Å². The zero-order chi connectivity index (χ0) is 17.7. The molecule has 0 saturated carbocycles. The number of hydrogen-bond donors (Lipinski definition) is 1. The van der Waals surface area contributed by atoms with E-state index < -0.39 is 16.1 Å². The highest BCUT2D eigenvalue weighted by atomic mass is 32.2. The van der Waals surface area contributed by atoms with Crippen LogP contribution >= 0.6 is 0 Å². The summed E-state index contributed by atoms with van der Waals surface area (Å²) in [6, 6.07) is 6.02. The van der Waals surface area contributed by atoms with Crippen molar-refractivity contribution in [1.29, 1.82) is 0 Å². The Balaban J connectivity index is 2.21. The number of sulfonamides is 1. The van der Waals surface area contributed by atoms with Crippen molar-refractivity contribution in [3.05, 3.63) is 29.8 Å². The molecule has 0 aromatic heterocycles. The first kappa shape index (κ1) is 18.9. The summed E-state index contributed by atoms with van der Waals surface area (Å²) in [4.78, 5) is 14.7. The van der Waals surface area contributed by atoms with Gasteiger partial charge in [0.25, 0.3) is 0 Å². The number of ether oxygens (including phenoxy) is 1. The third-order valence-electron chi connectivity index (χ3n) is 4.01. The largest absolute Gasteiger partial charge is 0.378 e. The van der Waals surface area contributed by atoms with E-state index in [1.54, 1.807) is 36.1 Å². The molecule has 7 heteroatoms. The highest BCUT2D eigenvalue weighted by Crippen LogP contribution is 2.17. The lowest BCUT2D eigenvalue weighted by Crippen LogP contribution is -2.52. The van der Waals surface area contributed by atoms with E-state index in [1.807, 2.05) is 13.8 Å². The smallest absolute Gasteiger partial charge is 0.241 e. The maximum atomic E-state index is 12.8. The highest BCUT2D eigenvalue weighted by molar-refractivity contribution is 7.89. The molecule has 134 valence electrons. The minimum atomic E-state index is -3.75. The monoisotopic (exact) mass is 354 g/mol. The predicted molar refractivity (Wildman–Crippen MR) is 92.1 cm³/mol. The van der Waals surface area contributed by atoms with Crippen LogP contribution in [0.5, 0.6) is 0 Å². The van der Waals surface area contributed by atoms with Crippen LogP contribution in [0.4, 0.5) is 0 Å². The molecule has 1 aliphatic rings. The number of rotatable bonds is 6. The van der Waals surface area contributed by atoms with E-state index in [9.17, 15) is 13.2 Å². The van der Waals surface area contributed by atoms with Crippen LogP contribution in [0.3, 0.4) is 0 Å². The van der Waals surface area contributed by atoms with E-state index in [0.29, 0.717) is 38.3 Å². The second kappa shape index (κ2) is 8.09. The van der Waals surface area contributed by atoms with Crippen molar-refractivity contribution in [1.82, 2.24) is 9.62 Å². The van der Waals surface area contributed by atoms with Gasteiger partial charge in [-0.1, -0.05) is 32.0 Å². The molecule has 1 aliphatic heterocycles. The van der Waals surface area contributed by atoms with Crippen LogP contribution in [0, 0.1) is 12.8 Å². The van der Waals surface area contributed by atoms with Gasteiger partial charge in [-0.15, -0.1) is 0 Å². The van der Waals surface area contributed by atoms with Crippen LogP contribution in [0.25, 0.3) is 0 Å². The number of benzene rings is 1.